The van der Waals surface area contributed by atoms with Crippen LogP contribution in [0, 0.1) is 0 Å². The molecule has 102 valence electrons. The third-order valence-corrected chi connectivity index (χ3v) is 2.58. The standard InChI is InChI=1S/C14H13N3O3/c18-13(19)11-5-1-2-6-12(11)17-14(20)16-9-10-4-3-7-15-8-10/h1-8H,9H2,(H,18,19)(H2,16,17,20). The quantitative estimate of drug-likeness (QED) is 0.794. The first-order valence-electron chi connectivity index (χ1n) is 5.93. The molecular weight excluding hydrogens is 258 g/mol. The number of pyridine rings is 1. The van der Waals surface area contributed by atoms with Gasteiger partial charge in [0.15, 0.2) is 0 Å². The number of carboxylic acid groups (broad SMARTS) is 1. The predicted octanol–water partition coefficient (Wildman–Crippen LogP) is 2.10. The lowest BCUT2D eigenvalue weighted by Crippen LogP contribution is -2.28. The van der Waals surface area contributed by atoms with Crippen LogP contribution in [0.1, 0.15) is 15.9 Å². The zero-order valence-electron chi connectivity index (χ0n) is 10.5. The number of para-hydroxylation sites is 1. The number of amides is 2. The molecule has 0 spiro atoms. The Labute approximate surface area is 115 Å². The number of anilines is 1. The number of rotatable bonds is 4. The molecule has 0 fully saturated rings. The fourth-order valence-corrected chi connectivity index (χ4v) is 1.63. The van der Waals surface area contributed by atoms with E-state index in [4.69, 9.17) is 5.11 Å². The summed E-state index contributed by atoms with van der Waals surface area (Å²) in [7, 11) is 0. The summed E-state index contributed by atoms with van der Waals surface area (Å²) in [5.74, 6) is -1.09. The number of carboxylic acids is 1. The van der Waals surface area contributed by atoms with Gasteiger partial charge >= 0.3 is 12.0 Å². The molecule has 1 aromatic carbocycles. The summed E-state index contributed by atoms with van der Waals surface area (Å²) in [5, 5.41) is 14.1. The van der Waals surface area contributed by atoms with E-state index in [-0.39, 0.29) is 11.3 Å². The topological polar surface area (TPSA) is 91.3 Å². The SMILES string of the molecule is O=C(NCc1cccnc1)Nc1ccccc1C(=O)O. The van der Waals surface area contributed by atoms with Gasteiger partial charge in [-0.25, -0.2) is 9.59 Å². The molecule has 1 aromatic heterocycles. The molecule has 2 aromatic rings. The molecule has 0 bridgehead atoms. The minimum atomic E-state index is -1.09. The highest BCUT2D eigenvalue weighted by molar-refractivity contribution is 5.99. The molecule has 0 radical (unpaired) electrons. The Morgan fingerprint density at radius 1 is 1.15 bits per heavy atom. The van der Waals surface area contributed by atoms with Gasteiger partial charge in [-0.15, -0.1) is 0 Å². The number of aromatic carboxylic acids is 1. The molecule has 1 heterocycles. The first kappa shape index (κ1) is 13.5. The average molecular weight is 271 g/mol. The maximum absolute atomic E-state index is 11.7. The fourth-order valence-electron chi connectivity index (χ4n) is 1.63. The summed E-state index contributed by atoms with van der Waals surface area (Å²) in [4.78, 5) is 26.7. The third kappa shape index (κ3) is 3.55. The number of urea groups is 1. The molecule has 0 saturated heterocycles. The first-order valence-corrected chi connectivity index (χ1v) is 5.93. The maximum atomic E-state index is 11.7. The van der Waals surface area contributed by atoms with Crippen molar-refractivity contribution in [2.45, 2.75) is 6.54 Å². The van der Waals surface area contributed by atoms with Gasteiger partial charge in [0.1, 0.15) is 0 Å². The Balaban J connectivity index is 1.97. The molecular formula is C14H13N3O3. The van der Waals surface area contributed by atoms with Crippen LogP contribution in [0.2, 0.25) is 0 Å². The van der Waals surface area contributed by atoms with Crippen molar-refractivity contribution in [2.75, 3.05) is 5.32 Å². The van der Waals surface area contributed by atoms with E-state index in [0.717, 1.165) is 5.56 Å². The molecule has 0 aliphatic rings. The van der Waals surface area contributed by atoms with Crippen molar-refractivity contribution >= 4 is 17.7 Å². The maximum Gasteiger partial charge on any atom is 0.337 e. The number of carbonyl (C=O) groups is 2. The number of benzene rings is 1. The molecule has 2 rings (SSSR count). The lowest BCUT2D eigenvalue weighted by molar-refractivity contribution is 0.0698. The van der Waals surface area contributed by atoms with E-state index in [2.05, 4.69) is 15.6 Å². The molecule has 0 saturated carbocycles. The first-order chi connectivity index (χ1) is 9.66. The smallest absolute Gasteiger partial charge is 0.337 e. The normalized spacial score (nSPS) is 9.80. The van der Waals surface area contributed by atoms with E-state index in [1.165, 1.54) is 12.1 Å². The number of hydrogen-bond donors (Lipinski definition) is 3. The van der Waals surface area contributed by atoms with Crippen LogP contribution in [0.25, 0.3) is 0 Å². The molecule has 3 N–H and O–H groups in total. The Morgan fingerprint density at radius 3 is 2.65 bits per heavy atom. The van der Waals surface area contributed by atoms with Gasteiger partial charge in [-0.1, -0.05) is 18.2 Å². The second-order valence-corrected chi connectivity index (χ2v) is 4.02. The molecule has 0 aliphatic carbocycles. The minimum Gasteiger partial charge on any atom is -0.478 e. The van der Waals surface area contributed by atoms with Crippen molar-refractivity contribution in [3.63, 3.8) is 0 Å². The third-order valence-electron chi connectivity index (χ3n) is 2.58. The summed E-state index contributed by atoms with van der Waals surface area (Å²) in [6.45, 7) is 0.314. The monoisotopic (exact) mass is 271 g/mol. The summed E-state index contributed by atoms with van der Waals surface area (Å²) in [5.41, 5.74) is 1.15. The highest BCUT2D eigenvalue weighted by Gasteiger charge is 2.11. The molecule has 0 atom stereocenters. The van der Waals surface area contributed by atoms with Gasteiger partial charge in [0.25, 0.3) is 0 Å². The van der Waals surface area contributed by atoms with E-state index < -0.39 is 12.0 Å². The highest BCUT2D eigenvalue weighted by atomic mass is 16.4. The van der Waals surface area contributed by atoms with Crippen LogP contribution >= 0.6 is 0 Å². The van der Waals surface area contributed by atoms with Gasteiger partial charge in [0, 0.05) is 18.9 Å². The van der Waals surface area contributed by atoms with Gasteiger partial charge in [-0.3, -0.25) is 4.98 Å². The van der Waals surface area contributed by atoms with Crippen molar-refractivity contribution in [1.82, 2.24) is 10.3 Å². The van der Waals surface area contributed by atoms with Gasteiger partial charge < -0.3 is 15.7 Å². The molecule has 0 unspecified atom stereocenters. The number of hydrogen-bond acceptors (Lipinski definition) is 3. The average Bonchev–Trinajstić information content (AvgIpc) is 2.46. The number of nitrogens with one attached hydrogen (secondary N) is 2. The second kappa shape index (κ2) is 6.33. The Morgan fingerprint density at radius 2 is 1.95 bits per heavy atom. The lowest BCUT2D eigenvalue weighted by Gasteiger charge is -2.09. The summed E-state index contributed by atoms with van der Waals surface area (Å²) >= 11 is 0. The van der Waals surface area contributed by atoms with Crippen molar-refractivity contribution < 1.29 is 14.7 Å². The van der Waals surface area contributed by atoms with Crippen molar-refractivity contribution in [2.24, 2.45) is 0 Å². The van der Waals surface area contributed by atoms with Crippen LogP contribution in [-0.2, 0) is 6.54 Å². The minimum absolute atomic E-state index is 0.0454. The van der Waals surface area contributed by atoms with Crippen LogP contribution in [0.5, 0.6) is 0 Å². The highest BCUT2D eigenvalue weighted by Crippen LogP contribution is 2.14. The van der Waals surface area contributed by atoms with Crippen LogP contribution < -0.4 is 10.6 Å². The van der Waals surface area contributed by atoms with Crippen molar-refractivity contribution in [3.8, 4) is 0 Å². The largest absolute Gasteiger partial charge is 0.478 e. The predicted molar refractivity (Wildman–Crippen MR) is 73.5 cm³/mol. The van der Waals surface area contributed by atoms with Gasteiger partial charge in [-0.05, 0) is 23.8 Å². The molecule has 6 nitrogen and oxygen atoms in total. The number of nitrogens with zero attached hydrogens (tertiary/aromatic N) is 1. The van der Waals surface area contributed by atoms with Crippen molar-refractivity contribution in [3.05, 3.63) is 59.9 Å². The van der Waals surface area contributed by atoms with Crippen molar-refractivity contribution in [1.29, 1.82) is 0 Å². The fraction of sp³-hybridized carbons (Fsp3) is 0.0714. The molecule has 0 aliphatic heterocycles. The second-order valence-electron chi connectivity index (χ2n) is 4.02. The van der Waals surface area contributed by atoms with E-state index in [0.29, 0.717) is 6.54 Å². The molecule has 2 amide bonds. The van der Waals surface area contributed by atoms with Crippen LogP contribution in [0.4, 0.5) is 10.5 Å². The Kier molecular flexibility index (Phi) is 4.28. The summed E-state index contributed by atoms with van der Waals surface area (Å²) < 4.78 is 0. The van der Waals surface area contributed by atoms with E-state index in [9.17, 15) is 9.59 Å². The zero-order valence-corrected chi connectivity index (χ0v) is 10.5. The van der Waals surface area contributed by atoms with Crippen LogP contribution in [0.3, 0.4) is 0 Å². The van der Waals surface area contributed by atoms with Gasteiger partial charge in [0.2, 0.25) is 0 Å². The lowest BCUT2D eigenvalue weighted by atomic mass is 10.2. The number of carbonyl (C=O) groups excluding carboxylic acids is 1. The number of aromatic nitrogens is 1. The Hall–Kier alpha value is -2.89. The molecule has 20 heavy (non-hydrogen) atoms. The van der Waals surface area contributed by atoms with E-state index in [1.54, 1.807) is 30.6 Å². The zero-order chi connectivity index (χ0) is 14.4. The van der Waals surface area contributed by atoms with Gasteiger partial charge in [0.05, 0.1) is 11.3 Å². The van der Waals surface area contributed by atoms with E-state index >= 15 is 0 Å². The van der Waals surface area contributed by atoms with E-state index in [1.807, 2.05) is 6.07 Å². The van der Waals surface area contributed by atoms with Crippen LogP contribution in [0.15, 0.2) is 48.8 Å². The summed E-state index contributed by atoms with van der Waals surface area (Å²) in [6, 6.07) is 9.35. The summed E-state index contributed by atoms with van der Waals surface area (Å²) in [6.07, 6.45) is 3.29. The molecule has 6 heteroatoms. The Bertz CT molecular complexity index is 614. The van der Waals surface area contributed by atoms with Gasteiger partial charge in [-0.2, -0.15) is 0 Å². The van der Waals surface area contributed by atoms with Crippen LogP contribution in [-0.4, -0.2) is 22.1 Å².